The van der Waals surface area contributed by atoms with Gasteiger partial charge in [-0.15, -0.1) is 30.6 Å². The molecule has 7 N–H and O–H groups in total. The molecule has 31 heteroatoms. The average Bonchev–Trinajstić information content (AvgIpc) is 1.41. The van der Waals surface area contributed by atoms with Crippen LogP contribution in [0.4, 0.5) is 24.8 Å². The monoisotopic (exact) mass is 1490 g/mol. The van der Waals surface area contributed by atoms with Gasteiger partial charge in [-0.3, -0.25) is 4.98 Å². The second-order valence-corrected chi connectivity index (χ2v) is 32.6. The van der Waals surface area contributed by atoms with E-state index in [0.717, 1.165) is 67.8 Å². The summed E-state index contributed by atoms with van der Waals surface area (Å²) in [7, 11) is -8.26. The molecular weight excluding hydrogens is 1410 g/mol. The van der Waals surface area contributed by atoms with Gasteiger partial charge in [0.15, 0.2) is 52.5 Å². The van der Waals surface area contributed by atoms with Crippen molar-refractivity contribution < 1.29 is 53.1 Å². The first-order valence-electron chi connectivity index (χ1n) is 33.4. The normalized spacial score (nSPS) is 13.3. The molecule has 1 atom stereocenters. The number of aromatic nitrogens is 12. The standard InChI is InChI=1S/C25H23FN4O3S.C25H28N6O3S.C24H24F2N6O3S.H2/c1-16-23(25-30-29-24(33-25)20-9-5-6-10-21(20)26)28-22(15-27-16)17-11-13-19(14-12-17)34(31,32)18-7-3-2-4-8-18;1-5-17-12-19(10-11-21(17)35(32,33)15(2)3)20-14-28-23(26)22(29-20)25-31-30-24(34-25)18-8-6-16(7-9-18)13-27-4;1-13(2)36(33,34)17-10-8-14(9-11-17)18-12-29-21(28)19(30-18)23-32-31-22(35-23)16-6-4-15(5-7-16)20(27)24(3,25)26;/h5-6,9-15,18H,2-4,7-8H2,1H3;6-12,14-15,27H,5,13H2,1-4H3,(H2,26,28);4-13,20H,27H2,1-3H3,(H2,28,29);1H/t;;20-;/m..1./s1. The summed E-state index contributed by atoms with van der Waals surface area (Å²) in [5.74, 6) is -2.50. The van der Waals surface area contributed by atoms with E-state index in [1.807, 2.05) is 44.3 Å². The molecule has 13 rings (SSSR count). The van der Waals surface area contributed by atoms with Gasteiger partial charge in [-0.1, -0.05) is 92.9 Å². The van der Waals surface area contributed by atoms with Gasteiger partial charge >= 0.3 is 0 Å². The highest BCUT2D eigenvalue weighted by atomic mass is 32.2. The smallest absolute Gasteiger partial charge is 0.270 e. The lowest BCUT2D eigenvalue weighted by Gasteiger charge is -2.21. The number of aryl methyl sites for hydroxylation is 2. The van der Waals surface area contributed by atoms with Crippen LogP contribution in [-0.2, 0) is 42.5 Å². The van der Waals surface area contributed by atoms with E-state index in [1.54, 1.807) is 126 Å². The van der Waals surface area contributed by atoms with Crippen molar-refractivity contribution in [1.29, 1.82) is 0 Å². The van der Waals surface area contributed by atoms with Gasteiger partial charge in [-0.05, 0) is 150 Å². The van der Waals surface area contributed by atoms with E-state index in [2.05, 4.69) is 65.8 Å². The van der Waals surface area contributed by atoms with Gasteiger partial charge in [-0.2, -0.15) is 0 Å². The van der Waals surface area contributed by atoms with Gasteiger partial charge in [0.25, 0.3) is 29.5 Å². The van der Waals surface area contributed by atoms with Gasteiger partial charge in [0.1, 0.15) is 11.5 Å². The third-order valence-corrected chi connectivity index (χ3v) is 24.1. The lowest BCUT2D eigenvalue weighted by molar-refractivity contribution is -0.00620. The van der Waals surface area contributed by atoms with Crippen molar-refractivity contribution in [3.8, 4) is 103 Å². The summed E-state index contributed by atoms with van der Waals surface area (Å²) >= 11 is 0. The van der Waals surface area contributed by atoms with Crippen LogP contribution >= 0.6 is 0 Å². The van der Waals surface area contributed by atoms with Crippen LogP contribution in [0.15, 0.2) is 186 Å². The van der Waals surface area contributed by atoms with E-state index < -0.39 is 57.8 Å². The lowest BCUT2D eigenvalue weighted by atomic mass is 10.0. The van der Waals surface area contributed by atoms with Crippen LogP contribution < -0.4 is 22.5 Å². The number of halogens is 3. The Kier molecular flexibility index (Phi) is 22.7. The summed E-state index contributed by atoms with van der Waals surface area (Å²) < 4.78 is 135. The van der Waals surface area contributed by atoms with Crippen LogP contribution in [0.2, 0.25) is 0 Å². The van der Waals surface area contributed by atoms with Gasteiger partial charge in [-0.25, -0.2) is 63.3 Å². The first-order valence-corrected chi connectivity index (χ1v) is 38.1. The topological polar surface area (TPSA) is 387 Å². The maximum Gasteiger partial charge on any atom is 0.270 e. The van der Waals surface area contributed by atoms with Gasteiger partial charge in [0.2, 0.25) is 11.8 Å². The van der Waals surface area contributed by atoms with Crippen molar-refractivity contribution in [3.63, 3.8) is 0 Å². The average molecular weight is 1490 g/mol. The van der Waals surface area contributed by atoms with Crippen molar-refractivity contribution in [2.75, 3.05) is 18.5 Å². The molecule has 6 aromatic heterocycles. The maximum atomic E-state index is 14.1. The molecule has 1 aliphatic rings. The number of rotatable bonds is 20. The lowest BCUT2D eigenvalue weighted by Crippen LogP contribution is -2.29. The van der Waals surface area contributed by atoms with Crippen molar-refractivity contribution in [1.82, 2.24) is 65.8 Å². The zero-order valence-corrected chi connectivity index (χ0v) is 60.9. The molecule has 1 fully saturated rings. The number of sulfone groups is 3. The molecule has 0 amide bonds. The number of nitrogens with one attached hydrogen (secondary N) is 1. The molecule has 6 heterocycles. The summed E-state index contributed by atoms with van der Waals surface area (Å²) in [6.07, 6.45) is 9.61. The number of hydrogen-bond acceptors (Lipinski definition) is 25. The van der Waals surface area contributed by atoms with Crippen LogP contribution in [0.5, 0.6) is 0 Å². The van der Waals surface area contributed by atoms with E-state index in [0.29, 0.717) is 67.3 Å². The molecule has 12 aromatic rings. The minimum atomic E-state index is -3.41. The highest BCUT2D eigenvalue weighted by molar-refractivity contribution is 7.92. The third-order valence-electron chi connectivity index (χ3n) is 17.4. The highest BCUT2D eigenvalue weighted by Crippen LogP contribution is 2.36. The highest BCUT2D eigenvalue weighted by Gasteiger charge is 2.33. The number of alkyl halides is 2. The first kappa shape index (κ1) is 75.3. The summed E-state index contributed by atoms with van der Waals surface area (Å²) in [5, 5.41) is 26.0. The largest absolute Gasteiger partial charge is 0.414 e. The number of anilines is 2. The van der Waals surface area contributed by atoms with E-state index in [-0.39, 0.29) is 75.2 Å². The van der Waals surface area contributed by atoms with Gasteiger partial charge in [0, 0.05) is 42.7 Å². The Morgan fingerprint density at radius 3 is 1.51 bits per heavy atom. The Morgan fingerprint density at radius 1 is 0.552 bits per heavy atom. The molecule has 0 radical (unpaired) electrons. The molecule has 25 nitrogen and oxygen atoms in total. The fourth-order valence-electron chi connectivity index (χ4n) is 11.2. The molecule has 0 unspecified atom stereocenters. The number of nitrogen functional groups attached to an aromatic ring is 2. The Hall–Kier alpha value is -10.9. The van der Waals surface area contributed by atoms with Crippen molar-refractivity contribution in [2.45, 2.75) is 136 Å². The first-order chi connectivity index (χ1) is 50.0. The molecular formula is C74H77F3N16O9S3. The Labute approximate surface area is 606 Å². The summed E-state index contributed by atoms with van der Waals surface area (Å²) in [6.45, 7) is 11.8. The number of nitrogens with two attached hydrogens (primary N) is 3. The SMILES string of the molecule is CC(C)S(=O)(=O)c1ccc(-c2cnc(N)c(-c3nnc(-c4ccc([C@@H](N)C(C)(F)F)cc4)o3)n2)cc1.CCc1cc(-c2cnc(N)c(-c3nnc(-c4ccc(CNC)cc4)o3)n2)ccc1S(=O)(=O)C(C)C.Cc1ncc(-c2ccc(S(=O)(=O)C3CCCCC3)cc2)nc1-c1nnc(-c2ccccc2F)o1.[HH]. The minimum Gasteiger partial charge on any atom is -0.414 e. The molecule has 1 saturated carbocycles. The predicted molar refractivity (Wildman–Crippen MR) is 393 cm³/mol. The fraction of sp³-hybridized carbons (Fsp3) is 0.270. The summed E-state index contributed by atoms with van der Waals surface area (Å²) in [6, 6.07) is 36.7. The van der Waals surface area contributed by atoms with Crippen molar-refractivity contribution >= 4 is 41.1 Å². The molecule has 1 aliphatic carbocycles. The maximum absolute atomic E-state index is 14.1. The van der Waals surface area contributed by atoms with Gasteiger partial charge in [0.05, 0.1) is 83.4 Å². The van der Waals surface area contributed by atoms with Gasteiger partial charge < -0.3 is 35.8 Å². The number of hydrogen-bond donors (Lipinski definition) is 4. The second kappa shape index (κ2) is 31.6. The minimum absolute atomic E-state index is 0. The van der Waals surface area contributed by atoms with Crippen LogP contribution in [0.3, 0.4) is 0 Å². The summed E-state index contributed by atoms with van der Waals surface area (Å²) in [5.41, 5.74) is 26.2. The van der Waals surface area contributed by atoms with E-state index >= 15 is 0 Å². The van der Waals surface area contributed by atoms with Crippen LogP contribution in [0, 0.1) is 12.7 Å². The predicted octanol–water partition coefficient (Wildman–Crippen LogP) is 13.8. The quantitative estimate of drug-likeness (QED) is 0.0550. The number of nitrogens with zero attached hydrogens (tertiary/aromatic N) is 12. The van der Waals surface area contributed by atoms with E-state index in [1.165, 1.54) is 36.5 Å². The Morgan fingerprint density at radius 2 is 1.00 bits per heavy atom. The van der Waals surface area contributed by atoms with Crippen LogP contribution in [0.1, 0.15) is 103 Å². The molecule has 6 aromatic carbocycles. The molecule has 105 heavy (non-hydrogen) atoms. The zero-order valence-electron chi connectivity index (χ0n) is 58.4. The fourth-order valence-corrected chi connectivity index (χ4v) is 15.5. The van der Waals surface area contributed by atoms with E-state index in [9.17, 15) is 38.4 Å². The molecule has 0 aliphatic heterocycles. The third kappa shape index (κ3) is 16.9. The Bertz CT molecular complexity index is 5430. The Balaban J connectivity index is 0.000000169. The summed E-state index contributed by atoms with van der Waals surface area (Å²) in [4.78, 5) is 27.4. The van der Waals surface area contributed by atoms with Crippen LogP contribution in [-0.4, -0.2) is 114 Å². The zero-order chi connectivity index (χ0) is 75.1. The number of benzene rings is 6. The molecule has 546 valence electrons. The molecule has 0 bridgehead atoms. The molecule has 0 saturated heterocycles. The van der Waals surface area contributed by atoms with Crippen LogP contribution in [0.25, 0.3) is 103 Å². The van der Waals surface area contributed by atoms with Crippen molar-refractivity contribution in [2.24, 2.45) is 5.73 Å². The second-order valence-electron chi connectivity index (χ2n) is 25.4. The van der Waals surface area contributed by atoms with E-state index in [4.69, 9.17) is 30.5 Å². The van der Waals surface area contributed by atoms with Crippen molar-refractivity contribution in [3.05, 3.63) is 186 Å². The molecule has 0 spiro atoms.